The Balaban J connectivity index is 2.08. The van der Waals surface area contributed by atoms with Crippen LogP contribution in [0.2, 0.25) is 0 Å². The molecule has 1 aromatic heterocycles. The summed E-state index contributed by atoms with van der Waals surface area (Å²) < 4.78 is 29.9. The van der Waals surface area contributed by atoms with Crippen molar-refractivity contribution in [1.29, 1.82) is 0 Å². The van der Waals surface area contributed by atoms with E-state index in [2.05, 4.69) is 11.9 Å². The first-order chi connectivity index (χ1) is 12.9. The predicted octanol–water partition coefficient (Wildman–Crippen LogP) is 5.85. The summed E-state index contributed by atoms with van der Waals surface area (Å²) in [5.74, 6) is 0. The van der Waals surface area contributed by atoms with Crippen molar-refractivity contribution in [1.82, 2.24) is 4.98 Å². The molecule has 0 bridgehead atoms. The molecule has 0 saturated heterocycles. The first-order valence-corrected chi connectivity index (χ1v) is 11.6. The fourth-order valence-electron chi connectivity index (χ4n) is 3.33. The minimum Gasteiger partial charge on any atom is -0.259 e. The Morgan fingerprint density at radius 3 is 2.33 bits per heavy atom. The molecule has 144 valence electrons. The maximum Gasteiger partial charge on any atom is 0.292 e. The highest BCUT2D eigenvalue weighted by Gasteiger charge is 2.38. The number of unbranched alkanes of at least 4 members (excludes halogenated alkanes) is 2. The highest BCUT2D eigenvalue weighted by molar-refractivity contribution is 7.94. The largest absolute Gasteiger partial charge is 0.292 e. The van der Waals surface area contributed by atoms with Gasteiger partial charge in [-0.15, -0.1) is 11.3 Å². The van der Waals surface area contributed by atoms with Crippen LogP contribution in [-0.2, 0) is 10.0 Å². The van der Waals surface area contributed by atoms with Gasteiger partial charge in [-0.25, -0.2) is 4.98 Å². The normalized spacial score (nSPS) is 12.4. The number of sulfonamides is 1. The molecular formula is C21H26N2O2S2. The van der Waals surface area contributed by atoms with Gasteiger partial charge in [-0.05, 0) is 44.5 Å². The van der Waals surface area contributed by atoms with E-state index in [1.165, 1.54) is 11.3 Å². The van der Waals surface area contributed by atoms with E-state index in [4.69, 9.17) is 0 Å². The minimum atomic E-state index is -3.77. The molecule has 0 amide bonds. The van der Waals surface area contributed by atoms with E-state index in [-0.39, 0.29) is 4.34 Å². The lowest BCUT2D eigenvalue weighted by molar-refractivity contribution is 0.442. The summed E-state index contributed by atoms with van der Waals surface area (Å²) >= 11 is 1.23. The molecule has 6 heteroatoms. The molecule has 0 spiro atoms. The zero-order valence-corrected chi connectivity index (χ0v) is 17.7. The molecule has 0 fully saturated rings. The SMILES string of the molecule is CCCCCC(C)(C)N(c1ccccc1)S(=O)(=O)c1nc2ccccc2s1. The number of anilines is 1. The molecular weight excluding hydrogens is 376 g/mol. The van der Waals surface area contributed by atoms with Crippen LogP contribution in [0, 0.1) is 0 Å². The second-order valence-electron chi connectivity index (χ2n) is 7.32. The van der Waals surface area contributed by atoms with Gasteiger partial charge < -0.3 is 0 Å². The number of thiazole rings is 1. The fourth-order valence-corrected chi connectivity index (χ4v) is 6.45. The van der Waals surface area contributed by atoms with Gasteiger partial charge in [0.2, 0.25) is 4.34 Å². The average molecular weight is 403 g/mol. The Kier molecular flexibility index (Phi) is 5.86. The van der Waals surface area contributed by atoms with Crippen LogP contribution in [0.3, 0.4) is 0 Å². The van der Waals surface area contributed by atoms with Crippen LogP contribution in [0.25, 0.3) is 10.2 Å². The van der Waals surface area contributed by atoms with Gasteiger partial charge in [-0.3, -0.25) is 4.31 Å². The summed E-state index contributed by atoms with van der Waals surface area (Å²) in [6.45, 7) is 6.15. The monoisotopic (exact) mass is 402 g/mol. The molecule has 0 aliphatic heterocycles. The summed E-state index contributed by atoms with van der Waals surface area (Å²) in [4.78, 5) is 4.43. The predicted molar refractivity (Wildman–Crippen MR) is 114 cm³/mol. The van der Waals surface area contributed by atoms with Crippen LogP contribution < -0.4 is 4.31 Å². The molecule has 0 aliphatic rings. The molecule has 3 rings (SSSR count). The number of fused-ring (bicyclic) bond motifs is 1. The standard InChI is InChI=1S/C21H26N2O2S2/c1-4-5-11-16-21(2,3)23(17-12-7-6-8-13-17)27(24,25)20-22-18-14-9-10-15-19(18)26-20/h6-10,12-15H,4-5,11,16H2,1-3H3. The summed E-state index contributed by atoms with van der Waals surface area (Å²) in [5, 5.41) is 0. The molecule has 0 atom stereocenters. The summed E-state index contributed by atoms with van der Waals surface area (Å²) in [6, 6.07) is 16.9. The minimum absolute atomic E-state index is 0.149. The lowest BCUT2D eigenvalue weighted by atomic mass is 9.96. The van der Waals surface area contributed by atoms with Gasteiger partial charge in [0.1, 0.15) is 0 Å². The number of nitrogens with zero attached hydrogens (tertiary/aromatic N) is 2. The maximum atomic E-state index is 13.7. The van der Waals surface area contributed by atoms with E-state index in [0.29, 0.717) is 5.69 Å². The topological polar surface area (TPSA) is 50.3 Å². The number of hydrogen-bond donors (Lipinski definition) is 0. The summed E-state index contributed by atoms with van der Waals surface area (Å²) in [7, 11) is -3.77. The van der Waals surface area contributed by atoms with Gasteiger partial charge in [0, 0.05) is 0 Å². The molecule has 1 heterocycles. The molecule has 0 saturated carbocycles. The van der Waals surface area contributed by atoms with Crippen molar-refractivity contribution in [2.75, 3.05) is 4.31 Å². The lowest BCUT2D eigenvalue weighted by Gasteiger charge is -2.38. The smallest absolute Gasteiger partial charge is 0.259 e. The average Bonchev–Trinajstić information content (AvgIpc) is 3.07. The van der Waals surface area contributed by atoms with E-state index in [1.54, 1.807) is 4.31 Å². The highest BCUT2D eigenvalue weighted by Crippen LogP contribution is 2.36. The fraction of sp³-hybridized carbons (Fsp3) is 0.381. The molecule has 0 aliphatic carbocycles. The van der Waals surface area contributed by atoms with Crippen molar-refractivity contribution < 1.29 is 8.42 Å². The van der Waals surface area contributed by atoms with Gasteiger partial charge in [0.15, 0.2) is 0 Å². The Morgan fingerprint density at radius 2 is 1.67 bits per heavy atom. The molecule has 27 heavy (non-hydrogen) atoms. The zero-order chi connectivity index (χ0) is 19.5. The molecule has 0 unspecified atom stereocenters. The quantitative estimate of drug-likeness (QED) is 0.444. The second-order valence-corrected chi connectivity index (χ2v) is 10.3. The first-order valence-electron chi connectivity index (χ1n) is 9.32. The Bertz CT molecular complexity index is 962. The van der Waals surface area contributed by atoms with Crippen LogP contribution in [0.1, 0.15) is 46.5 Å². The lowest BCUT2D eigenvalue weighted by Crippen LogP contribution is -2.48. The van der Waals surface area contributed by atoms with Gasteiger partial charge in [0.25, 0.3) is 10.0 Å². The van der Waals surface area contributed by atoms with E-state index < -0.39 is 15.6 Å². The molecule has 0 radical (unpaired) electrons. The van der Waals surface area contributed by atoms with Crippen molar-refractivity contribution in [3.8, 4) is 0 Å². The van der Waals surface area contributed by atoms with Crippen molar-refractivity contribution in [3.63, 3.8) is 0 Å². The van der Waals surface area contributed by atoms with Gasteiger partial charge in [-0.2, -0.15) is 8.42 Å². The number of para-hydroxylation sites is 2. The number of aromatic nitrogens is 1. The van der Waals surface area contributed by atoms with Crippen molar-refractivity contribution >= 4 is 37.3 Å². The summed E-state index contributed by atoms with van der Waals surface area (Å²) in [5.41, 5.74) is 0.851. The second kappa shape index (κ2) is 7.98. The van der Waals surface area contributed by atoms with Gasteiger partial charge in [-0.1, -0.05) is 56.5 Å². The van der Waals surface area contributed by atoms with E-state index >= 15 is 0 Å². The summed E-state index contributed by atoms with van der Waals surface area (Å²) in [6.07, 6.45) is 3.97. The maximum absolute atomic E-state index is 13.7. The van der Waals surface area contributed by atoms with Crippen molar-refractivity contribution in [2.45, 2.75) is 56.3 Å². The van der Waals surface area contributed by atoms with Crippen molar-refractivity contribution in [2.24, 2.45) is 0 Å². The van der Waals surface area contributed by atoms with E-state index in [0.717, 1.165) is 35.9 Å². The number of hydrogen-bond acceptors (Lipinski definition) is 4. The third-order valence-electron chi connectivity index (χ3n) is 4.67. The van der Waals surface area contributed by atoms with Crippen LogP contribution in [0.15, 0.2) is 58.9 Å². The van der Waals surface area contributed by atoms with Crippen LogP contribution in [0.5, 0.6) is 0 Å². The Labute approximate surface area is 165 Å². The van der Waals surface area contributed by atoms with Crippen molar-refractivity contribution in [3.05, 3.63) is 54.6 Å². The first kappa shape index (κ1) is 19.8. The van der Waals surface area contributed by atoms with E-state index in [1.807, 2.05) is 68.4 Å². The zero-order valence-electron chi connectivity index (χ0n) is 16.1. The van der Waals surface area contributed by atoms with Crippen LogP contribution >= 0.6 is 11.3 Å². The molecule has 0 N–H and O–H groups in total. The third kappa shape index (κ3) is 4.17. The molecule has 2 aromatic carbocycles. The van der Waals surface area contributed by atoms with Crippen LogP contribution in [0.4, 0.5) is 5.69 Å². The number of benzene rings is 2. The van der Waals surface area contributed by atoms with Gasteiger partial charge in [0.05, 0.1) is 21.4 Å². The van der Waals surface area contributed by atoms with Gasteiger partial charge >= 0.3 is 0 Å². The Morgan fingerprint density at radius 1 is 1.00 bits per heavy atom. The number of rotatable bonds is 8. The molecule has 4 nitrogen and oxygen atoms in total. The Hall–Kier alpha value is -1.92. The van der Waals surface area contributed by atoms with Crippen LogP contribution in [-0.4, -0.2) is 18.9 Å². The molecule has 3 aromatic rings. The highest BCUT2D eigenvalue weighted by atomic mass is 32.2. The third-order valence-corrected chi connectivity index (χ3v) is 8.10. The van der Waals surface area contributed by atoms with E-state index in [9.17, 15) is 8.42 Å².